The van der Waals surface area contributed by atoms with Crippen molar-refractivity contribution in [1.82, 2.24) is 20.1 Å². The number of nitrogens with zero attached hydrogens (tertiary/aromatic N) is 2. The van der Waals surface area contributed by atoms with Gasteiger partial charge < -0.3 is 10.1 Å². The molecule has 1 atom stereocenters. The Bertz CT molecular complexity index is 765. The highest BCUT2D eigenvalue weighted by molar-refractivity contribution is 7.71. The Balaban J connectivity index is 1.98. The van der Waals surface area contributed by atoms with Crippen molar-refractivity contribution in [1.29, 1.82) is 0 Å². The van der Waals surface area contributed by atoms with Gasteiger partial charge in [-0.2, -0.15) is 5.10 Å². The second-order valence-electron chi connectivity index (χ2n) is 6.92. The molecule has 0 fully saturated rings. The number of hydrogen-bond acceptors (Lipinski definition) is 4. The minimum Gasteiger partial charge on any atom is -0.497 e. The highest BCUT2D eigenvalue weighted by Crippen LogP contribution is 2.21. The Morgan fingerprint density at radius 2 is 1.96 bits per heavy atom. The van der Waals surface area contributed by atoms with Gasteiger partial charge in [0.2, 0.25) is 5.91 Å². The van der Waals surface area contributed by atoms with Crippen molar-refractivity contribution in [2.45, 2.75) is 52.6 Å². The van der Waals surface area contributed by atoms with E-state index in [-0.39, 0.29) is 11.9 Å². The number of methoxy groups -OCH3 is 1. The van der Waals surface area contributed by atoms with Gasteiger partial charge in [0.1, 0.15) is 5.75 Å². The maximum Gasteiger partial charge on any atom is 0.222 e. The zero-order valence-corrected chi connectivity index (χ0v) is 16.7. The van der Waals surface area contributed by atoms with E-state index in [4.69, 9.17) is 17.0 Å². The van der Waals surface area contributed by atoms with E-state index >= 15 is 0 Å². The summed E-state index contributed by atoms with van der Waals surface area (Å²) in [6.45, 7) is 6.91. The second-order valence-corrected chi connectivity index (χ2v) is 7.31. The summed E-state index contributed by atoms with van der Waals surface area (Å²) in [5.41, 5.74) is 0.920. The fourth-order valence-electron chi connectivity index (χ4n) is 2.70. The molecule has 0 aliphatic rings. The van der Waals surface area contributed by atoms with E-state index in [2.05, 4.69) is 29.4 Å². The van der Waals surface area contributed by atoms with Crippen LogP contribution in [0.2, 0.25) is 0 Å². The van der Waals surface area contributed by atoms with Crippen molar-refractivity contribution in [3.63, 3.8) is 0 Å². The first-order valence-corrected chi connectivity index (χ1v) is 9.40. The summed E-state index contributed by atoms with van der Waals surface area (Å²) in [6, 6.07) is 7.78. The van der Waals surface area contributed by atoms with Crippen molar-refractivity contribution in [3.05, 3.63) is 29.0 Å². The minimum absolute atomic E-state index is 0.0324. The number of H-pyrrole nitrogens is 1. The maximum atomic E-state index is 12.2. The van der Waals surface area contributed by atoms with Crippen molar-refractivity contribution in [2.24, 2.45) is 5.92 Å². The molecule has 1 unspecified atom stereocenters. The Hall–Kier alpha value is -2.15. The molecule has 0 spiro atoms. The molecule has 1 aromatic carbocycles. The summed E-state index contributed by atoms with van der Waals surface area (Å²) in [5, 5.41) is 10.2. The number of carbonyl (C=O) groups is 1. The molecule has 0 radical (unpaired) electrons. The van der Waals surface area contributed by atoms with Gasteiger partial charge in [0.05, 0.1) is 7.11 Å². The predicted molar refractivity (Wildman–Crippen MR) is 106 cm³/mol. The van der Waals surface area contributed by atoms with Gasteiger partial charge in [-0.1, -0.05) is 13.8 Å². The number of carbonyl (C=O) groups excluding carboxylic acids is 1. The van der Waals surface area contributed by atoms with Crippen LogP contribution in [0.3, 0.4) is 0 Å². The molecular formula is C19H28N4O2S. The first kappa shape index (κ1) is 20.2. The number of benzene rings is 1. The van der Waals surface area contributed by atoms with Crippen LogP contribution >= 0.6 is 12.2 Å². The van der Waals surface area contributed by atoms with E-state index in [0.717, 1.165) is 30.0 Å². The molecule has 2 N–H and O–H groups in total. The van der Waals surface area contributed by atoms with Crippen LogP contribution < -0.4 is 10.1 Å². The van der Waals surface area contributed by atoms with Crippen molar-refractivity contribution in [3.8, 4) is 17.1 Å². The highest BCUT2D eigenvalue weighted by atomic mass is 32.1. The third-order valence-corrected chi connectivity index (χ3v) is 4.57. The maximum absolute atomic E-state index is 12.2. The van der Waals surface area contributed by atoms with E-state index in [1.807, 2.05) is 35.8 Å². The van der Waals surface area contributed by atoms with Gasteiger partial charge >= 0.3 is 0 Å². The zero-order chi connectivity index (χ0) is 19.1. The topological polar surface area (TPSA) is 71.9 Å². The van der Waals surface area contributed by atoms with Gasteiger partial charge in [0, 0.05) is 24.6 Å². The smallest absolute Gasteiger partial charge is 0.222 e. The van der Waals surface area contributed by atoms with Crippen molar-refractivity contribution >= 4 is 18.1 Å². The summed E-state index contributed by atoms with van der Waals surface area (Å²) in [4.78, 5) is 12.2. The van der Waals surface area contributed by atoms with Gasteiger partial charge in [-0.25, -0.2) is 0 Å². The number of rotatable bonds is 9. The van der Waals surface area contributed by atoms with Crippen molar-refractivity contribution in [2.75, 3.05) is 7.11 Å². The summed E-state index contributed by atoms with van der Waals surface area (Å²) in [6.07, 6.45) is 2.46. The molecule has 7 heteroatoms. The van der Waals surface area contributed by atoms with Gasteiger partial charge in [-0.3, -0.25) is 14.5 Å². The van der Waals surface area contributed by atoms with Gasteiger partial charge in [0.25, 0.3) is 0 Å². The quantitative estimate of drug-likeness (QED) is 0.650. The third-order valence-electron chi connectivity index (χ3n) is 4.25. The van der Waals surface area contributed by atoms with E-state index < -0.39 is 0 Å². The third kappa shape index (κ3) is 5.69. The number of nitrogens with one attached hydrogen (secondary N) is 2. The molecule has 26 heavy (non-hydrogen) atoms. The first-order chi connectivity index (χ1) is 12.4. The summed E-state index contributed by atoms with van der Waals surface area (Å²) in [7, 11) is 1.63. The van der Waals surface area contributed by atoms with Crippen molar-refractivity contribution < 1.29 is 9.53 Å². The van der Waals surface area contributed by atoms with Gasteiger partial charge in [-0.15, -0.1) is 0 Å². The van der Waals surface area contributed by atoms with Crippen LogP contribution in [0.4, 0.5) is 0 Å². The predicted octanol–water partition coefficient (Wildman–Crippen LogP) is 3.95. The molecule has 1 aromatic heterocycles. The van der Waals surface area contributed by atoms with Gasteiger partial charge in [0.15, 0.2) is 10.6 Å². The lowest BCUT2D eigenvalue weighted by molar-refractivity contribution is -0.121. The Kier molecular flexibility index (Phi) is 7.38. The molecular weight excluding hydrogens is 348 g/mol. The lowest BCUT2D eigenvalue weighted by Gasteiger charge is -2.15. The molecule has 0 aliphatic heterocycles. The van der Waals surface area contributed by atoms with Gasteiger partial charge in [-0.05, 0) is 62.2 Å². The molecule has 1 amide bonds. The summed E-state index contributed by atoms with van der Waals surface area (Å²) in [5.74, 6) is 2.18. The fourth-order valence-corrected chi connectivity index (χ4v) is 2.92. The minimum atomic E-state index is 0.0324. The highest BCUT2D eigenvalue weighted by Gasteiger charge is 2.12. The van der Waals surface area contributed by atoms with Crippen LogP contribution in [0.5, 0.6) is 5.75 Å². The van der Waals surface area contributed by atoms with Crippen LogP contribution in [0.15, 0.2) is 24.3 Å². The van der Waals surface area contributed by atoms with E-state index in [1.54, 1.807) is 7.11 Å². The van der Waals surface area contributed by atoms with Crippen LogP contribution in [0, 0.1) is 10.7 Å². The van der Waals surface area contributed by atoms with E-state index in [9.17, 15) is 4.79 Å². The van der Waals surface area contributed by atoms with Crippen LogP contribution in [-0.4, -0.2) is 33.8 Å². The van der Waals surface area contributed by atoms with Crippen LogP contribution in [0.1, 0.15) is 40.0 Å². The van der Waals surface area contributed by atoms with Crippen LogP contribution in [-0.2, 0) is 11.3 Å². The lowest BCUT2D eigenvalue weighted by atomic mass is 10.0. The normalized spacial score (nSPS) is 12.2. The average molecular weight is 377 g/mol. The molecule has 6 nitrogen and oxygen atoms in total. The molecule has 0 bridgehead atoms. The molecule has 1 heterocycles. The van der Waals surface area contributed by atoms with E-state index in [1.165, 1.54) is 0 Å². The largest absolute Gasteiger partial charge is 0.497 e. The lowest BCUT2D eigenvalue weighted by Crippen LogP contribution is -2.33. The number of hydrogen-bond donors (Lipinski definition) is 2. The molecule has 0 saturated heterocycles. The van der Waals surface area contributed by atoms with Crippen LogP contribution in [0.25, 0.3) is 11.4 Å². The molecule has 2 rings (SSSR count). The standard InChI is InChI=1S/C19H28N4O2S/c1-13(2)5-6-14(3)20-17(24)11-12-23-18(21-22-19(23)26)15-7-9-16(25-4)10-8-15/h7-10,13-14H,5-6,11-12H2,1-4H3,(H,20,24)(H,22,26). The molecule has 142 valence electrons. The summed E-state index contributed by atoms with van der Waals surface area (Å²) >= 11 is 5.32. The summed E-state index contributed by atoms with van der Waals surface area (Å²) < 4.78 is 7.55. The number of ether oxygens (including phenoxy) is 1. The molecule has 0 saturated carbocycles. The number of aromatic amines is 1. The molecule has 0 aliphatic carbocycles. The SMILES string of the molecule is COc1ccc(-c2n[nH]c(=S)n2CCC(=O)NC(C)CCC(C)C)cc1. The molecule has 2 aromatic rings. The second kappa shape index (κ2) is 9.52. The zero-order valence-electron chi connectivity index (χ0n) is 15.9. The van der Waals surface area contributed by atoms with E-state index in [0.29, 0.717) is 23.7 Å². The monoisotopic (exact) mass is 376 g/mol. The fraction of sp³-hybridized carbons (Fsp3) is 0.526. The Morgan fingerprint density at radius 1 is 1.27 bits per heavy atom. The average Bonchev–Trinajstić information content (AvgIpc) is 2.99. The Morgan fingerprint density at radius 3 is 2.58 bits per heavy atom. The number of aromatic nitrogens is 3. The Labute approximate surface area is 160 Å². The number of amides is 1. The first-order valence-electron chi connectivity index (χ1n) is 8.99.